The molecule has 1 N–H and O–H groups in total. The van der Waals surface area contributed by atoms with Crippen molar-refractivity contribution >= 4 is 17.4 Å². The Morgan fingerprint density at radius 1 is 1.23 bits per heavy atom. The molecule has 2 saturated heterocycles. The van der Waals surface area contributed by atoms with Gasteiger partial charge in [0.1, 0.15) is 17.2 Å². The summed E-state index contributed by atoms with van der Waals surface area (Å²) < 4.78 is 16.1. The van der Waals surface area contributed by atoms with Crippen molar-refractivity contribution in [2.24, 2.45) is 17.3 Å². The number of rotatable bonds is 0. The minimum absolute atomic E-state index is 0.0825. The van der Waals surface area contributed by atoms with Crippen molar-refractivity contribution in [1.29, 1.82) is 0 Å². The van der Waals surface area contributed by atoms with Crippen LogP contribution in [-0.2, 0) is 6.42 Å². The van der Waals surface area contributed by atoms with E-state index in [2.05, 4.69) is 27.2 Å². The summed E-state index contributed by atoms with van der Waals surface area (Å²) in [5, 5.41) is 7.58. The van der Waals surface area contributed by atoms with Gasteiger partial charge in [-0.25, -0.2) is 13.9 Å². The van der Waals surface area contributed by atoms with E-state index in [0.717, 1.165) is 42.8 Å². The van der Waals surface area contributed by atoms with E-state index in [1.165, 1.54) is 6.20 Å². The van der Waals surface area contributed by atoms with Crippen LogP contribution in [0.3, 0.4) is 0 Å². The summed E-state index contributed by atoms with van der Waals surface area (Å²) >= 11 is 0. The Balaban J connectivity index is 1.36. The van der Waals surface area contributed by atoms with Crippen LogP contribution in [0.5, 0.6) is 0 Å². The number of carbonyl (C=O) groups is 1. The summed E-state index contributed by atoms with van der Waals surface area (Å²) in [6.45, 7) is 2.34. The summed E-state index contributed by atoms with van der Waals surface area (Å²) in [6, 6.07) is 4.16. The number of fused-ring (bicyclic) bond motifs is 2. The van der Waals surface area contributed by atoms with Crippen LogP contribution in [0, 0.1) is 23.1 Å². The van der Waals surface area contributed by atoms with Crippen LogP contribution < -0.4 is 10.2 Å². The van der Waals surface area contributed by atoms with Gasteiger partial charge < -0.3 is 10.2 Å². The number of nitrogens with one attached hydrogen (secondary N) is 1. The molecule has 7 nitrogen and oxygen atoms in total. The second-order valence-electron chi connectivity index (χ2n) is 10.3. The minimum atomic E-state index is -0.289. The first kappa shape index (κ1) is 16.6. The molecule has 4 bridgehead atoms. The van der Waals surface area contributed by atoms with Crippen molar-refractivity contribution in [2.75, 3.05) is 4.90 Å². The number of hydrogen-bond acceptors (Lipinski definition) is 5. The van der Waals surface area contributed by atoms with Crippen LogP contribution >= 0.6 is 0 Å². The van der Waals surface area contributed by atoms with Gasteiger partial charge in [-0.2, -0.15) is 5.10 Å². The van der Waals surface area contributed by atoms with Crippen LogP contribution in [-0.4, -0.2) is 37.1 Å². The number of amides is 1. The summed E-state index contributed by atoms with van der Waals surface area (Å²) in [7, 11) is 0. The van der Waals surface area contributed by atoms with E-state index in [1.54, 1.807) is 16.8 Å². The largest absolute Gasteiger partial charge is 0.346 e. The van der Waals surface area contributed by atoms with Crippen molar-refractivity contribution in [1.82, 2.24) is 24.9 Å². The number of aromatic nitrogens is 4. The van der Waals surface area contributed by atoms with Crippen LogP contribution in [0.2, 0.25) is 0 Å². The van der Waals surface area contributed by atoms with E-state index in [4.69, 9.17) is 4.98 Å². The molecule has 3 aliphatic carbocycles. The van der Waals surface area contributed by atoms with E-state index in [9.17, 15) is 9.18 Å². The third-order valence-electron chi connectivity index (χ3n) is 8.75. The van der Waals surface area contributed by atoms with Gasteiger partial charge in [-0.1, -0.05) is 6.92 Å². The maximum absolute atomic E-state index is 14.4. The molecule has 3 aromatic rings. The van der Waals surface area contributed by atoms with E-state index >= 15 is 0 Å². The fraction of sp³-hybridized carbons (Fsp3) is 0.478. The molecule has 5 atom stereocenters. The standard InChI is InChI=1S/C23H21FN6O/c1-22-16-17(22)19(22)30-15-3-7-29-20(27-15)13(10-26-29)21(31)28-23(5-6-23)4-2-14-12(18(16)30)8-11(24)9-25-14/h3,7-10,16-19H,2,4-6H2,1H3,(H,28,31)/t16-,17+,18+,19?,22+/m1/s1. The van der Waals surface area contributed by atoms with Gasteiger partial charge >= 0.3 is 0 Å². The number of hydrogen-bond donors (Lipinski definition) is 1. The molecule has 1 unspecified atom stereocenters. The number of carbonyl (C=O) groups excluding carboxylic acids is 1. The molecule has 8 heteroatoms. The first-order chi connectivity index (χ1) is 15.0. The highest BCUT2D eigenvalue weighted by Crippen LogP contribution is 2.90. The average molecular weight is 416 g/mol. The summed E-state index contributed by atoms with van der Waals surface area (Å²) in [6.07, 6.45) is 8.25. The van der Waals surface area contributed by atoms with E-state index in [1.807, 2.05) is 12.3 Å². The molecule has 0 aromatic carbocycles. The van der Waals surface area contributed by atoms with E-state index < -0.39 is 0 Å². The Hall–Kier alpha value is -3.03. The topological polar surface area (TPSA) is 75.4 Å². The highest BCUT2D eigenvalue weighted by Gasteiger charge is 2.93. The molecule has 3 aromatic heterocycles. The zero-order valence-corrected chi connectivity index (χ0v) is 17.0. The third kappa shape index (κ3) is 1.90. The Labute approximate surface area is 177 Å². The minimum Gasteiger partial charge on any atom is -0.346 e. The predicted molar refractivity (Wildman–Crippen MR) is 109 cm³/mol. The molecule has 6 heterocycles. The molecule has 0 radical (unpaired) electrons. The maximum Gasteiger partial charge on any atom is 0.257 e. The fourth-order valence-electron chi connectivity index (χ4n) is 6.77. The SMILES string of the molecule is C[C@@]12C3[C@@H]1[C@@H]2[C@@H]1c2cc(F)cnc2CCC2(CC2)NC(=O)c2cnn4ccc(nc24)N31. The second-order valence-corrected chi connectivity index (χ2v) is 10.3. The first-order valence-electron chi connectivity index (χ1n) is 11.1. The molecule has 5 fully saturated rings. The number of anilines is 1. The number of pyridine rings is 1. The Morgan fingerprint density at radius 2 is 2.06 bits per heavy atom. The lowest BCUT2D eigenvalue weighted by atomic mass is 9.93. The molecule has 3 aliphatic heterocycles. The van der Waals surface area contributed by atoms with Gasteiger partial charge in [0.05, 0.1) is 18.4 Å². The van der Waals surface area contributed by atoms with Gasteiger partial charge in [0.2, 0.25) is 0 Å². The summed E-state index contributed by atoms with van der Waals surface area (Å²) in [4.78, 5) is 24.9. The molecular weight excluding hydrogens is 395 g/mol. The zero-order chi connectivity index (χ0) is 20.7. The van der Waals surface area contributed by atoms with Gasteiger partial charge in [0.15, 0.2) is 5.65 Å². The van der Waals surface area contributed by atoms with Gasteiger partial charge in [-0.05, 0) is 60.6 Å². The Bertz CT molecular complexity index is 1330. The number of piperidine rings is 1. The first-order valence-corrected chi connectivity index (χ1v) is 11.1. The van der Waals surface area contributed by atoms with Crippen LogP contribution in [0.4, 0.5) is 10.2 Å². The lowest BCUT2D eigenvalue weighted by Gasteiger charge is -2.27. The molecular formula is C23H21FN6O. The van der Waals surface area contributed by atoms with Crippen LogP contribution in [0.25, 0.3) is 5.65 Å². The van der Waals surface area contributed by atoms with E-state index in [-0.39, 0.29) is 28.7 Å². The lowest BCUT2D eigenvalue weighted by molar-refractivity contribution is 0.0930. The molecule has 156 valence electrons. The second kappa shape index (κ2) is 4.89. The third-order valence-corrected chi connectivity index (χ3v) is 8.75. The molecule has 31 heavy (non-hydrogen) atoms. The van der Waals surface area contributed by atoms with Gasteiger partial charge in [-0.15, -0.1) is 0 Å². The Kier molecular flexibility index (Phi) is 2.63. The number of halogens is 1. The van der Waals surface area contributed by atoms with Crippen molar-refractivity contribution in [3.05, 3.63) is 53.4 Å². The number of nitrogens with zero attached hydrogens (tertiary/aromatic N) is 5. The Morgan fingerprint density at radius 3 is 2.87 bits per heavy atom. The molecule has 6 aliphatic rings. The van der Waals surface area contributed by atoms with Crippen LogP contribution in [0.1, 0.15) is 53.8 Å². The zero-order valence-electron chi connectivity index (χ0n) is 17.0. The van der Waals surface area contributed by atoms with Gasteiger partial charge in [0, 0.05) is 23.5 Å². The highest BCUT2D eigenvalue weighted by atomic mass is 19.1. The van der Waals surface area contributed by atoms with Gasteiger partial charge in [0.25, 0.3) is 5.91 Å². The normalized spacial score (nSPS) is 35.5. The molecule has 1 amide bonds. The number of aryl methyl sites for hydroxylation is 1. The average Bonchev–Trinajstić information content (AvgIpc) is 3.61. The summed E-state index contributed by atoms with van der Waals surface area (Å²) in [5.74, 6) is 1.58. The fourth-order valence-corrected chi connectivity index (χ4v) is 6.77. The lowest BCUT2D eigenvalue weighted by Crippen LogP contribution is -2.37. The maximum atomic E-state index is 14.4. The van der Waals surface area contributed by atoms with Crippen LogP contribution in [0.15, 0.2) is 30.7 Å². The van der Waals surface area contributed by atoms with Crippen molar-refractivity contribution in [2.45, 2.75) is 50.2 Å². The van der Waals surface area contributed by atoms with E-state index in [0.29, 0.717) is 29.1 Å². The summed E-state index contributed by atoms with van der Waals surface area (Å²) in [5.41, 5.74) is 3.11. The molecule has 1 spiro atoms. The molecule has 9 rings (SSSR count). The molecule has 3 saturated carbocycles. The van der Waals surface area contributed by atoms with Crippen molar-refractivity contribution < 1.29 is 9.18 Å². The smallest absolute Gasteiger partial charge is 0.257 e. The van der Waals surface area contributed by atoms with Crippen molar-refractivity contribution in [3.63, 3.8) is 0 Å². The predicted octanol–water partition coefficient (Wildman–Crippen LogP) is 2.67. The highest BCUT2D eigenvalue weighted by molar-refractivity contribution is 6.00. The van der Waals surface area contributed by atoms with Crippen molar-refractivity contribution in [3.8, 4) is 0 Å². The quantitative estimate of drug-likeness (QED) is 0.610. The monoisotopic (exact) mass is 416 g/mol. The van der Waals surface area contributed by atoms with Gasteiger partial charge in [-0.3, -0.25) is 9.78 Å².